The highest BCUT2D eigenvalue weighted by Crippen LogP contribution is 2.01. The second-order valence-corrected chi connectivity index (χ2v) is 4.70. The lowest BCUT2D eigenvalue weighted by Crippen LogP contribution is -1.92. The summed E-state index contributed by atoms with van der Waals surface area (Å²) in [5.74, 6) is -0.700. The van der Waals surface area contributed by atoms with Crippen molar-refractivity contribution < 1.29 is 9.90 Å². The molecule has 0 aromatic heterocycles. The van der Waals surface area contributed by atoms with Gasteiger partial charge in [0.25, 0.3) is 0 Å². The van der Waals surface area contributed by atoms with E-state index in [-0.39, 0.29) is 6.42 Å². The van der Waals surface area contributed by atoms with Crippen LogP contribution in [0.5, 0.6) is 0 Å². The number of carboxylic acid groups (broad SMARTS) is 1. The first-order chi connectivity index (χ1) is 9.77. The number of carbonyl (C=O) groups is 1. The summed E-state index contributed by atoms with van der Waals surface area (Å²) < 4.78 is 0. The van der Waals surface area contributed by atoms with Gasteiger partial charge in [-0.05, 0) is 38.5 Å². The maximum atomic E-state index is 10.3. The zero-order valence-electron chi connectivity index (χ0n) is 12.6. The van der Waals surface area contributed by atoms with Crippen molar-refractivity contribution in [3.8, 4) is 0 Å². The van der Waals surface area contributed by atoms with Gasteiger partial charge in [-0.2, -0.15) is 0 Å². The zero-order valence-corrected chi connectivity index (χ0v) is 12.6. The highest BCUT2D eigenvalue weighted by molar-refractivity contribution is 5.66. The van der Waals surface area contributed by atoms with Gasteiger partial charge in [0.05, 0.1) is 0 Å². The molecule has 0 aliphatic carbocycles. The molecule has 0 aliphatic rings. The Morgan fingerprint density at radius 2 is 1.50 bits per heavy atom. The molecule has 0 bridgehead atoms. The van der Waals surface area contributed by atoms with Crippen molar-refractivity contribution in [1.82, 2.24) is 0 Å². The van der Waals surface area contributed by atoms with E-state index >= 15 is 0 Å². The zero-order chi connectivity index (χ0) is 14.9. The summed E-state index contributed by atoms with van der Waals surface area (Å²) in [5, 5.41) is 8.48. The Balaban J connectivity index is 3.40. The molecule has 0 atom stereocenters. The van der Waals surface area contributed by atoms with Crippen molar-refractivity contribution in [2.75, 3.05) is 0 Å². The third-order valence-corrected chi connectivity index (χ3v) is 2.73. The molecule has 0 saturated heterocycles. The normalized spacial score (nSPS) is 12.4. The van der Waals surface area contributed by atoms with Crippen LogP contribution in [0.15, 0.2) is 48.6 Å². The molecule has 0 aliphatic heterocycles. The average Bonchev–Trinajstić information content (AvgIpc) is 2.43. The molecule has 20 heavy (non-hydrogen) atoms. The summed E-state index contributed by atoms with van der Waals surface area (Å²) in [5.41, 5.74) is 0. The summed E-state index contributed by atoms with van der Waals surface area (Å²) in [6, 6.07) is 0. The number of hydrogen-bond donors (Lipinski definition) is 1. The fourth-order valence-electron chi connectivity index (χ4n) is 1.60. The molecular formula is C18H28O2. The highest BCUT2D eigenvalue weighted by atomic mass is 16.4. The second-order valence-electron chi connectivity index (χ2n) is 4.70. The molecule has 0 radical (unpaired) electrons. The lowest BCUT2D eigenvalue weighted by Gasteiger charge is -1.92. The van der Waals surface area contributed by atoms with Gasteiger partial charge in [-0.15, -0.1) is 0 Å². The highest BCUT2D eigenvalue weighted by Gasteiger charge is 1.93. The first-order valence-corrected chi connectivity index (χ1v) is 7.60. The molecule has 2 heteroatoms. The molecule has 0 spiro atoms. The Morgan fingerprint density at radius 1 is 0.850 bits per heavy atom. The second kappa shape index (κ2) is 15.5. The van der Waals surface area contributed by atoms with Gasteiger partial charge in [0.15, 0.2) is 0 Å². The number of aliphatic carboxylic acids is 1. The molecule has 0 heterocycles. The molecular weight excluding hydrogens is 248 g/mol. The standard InChI is InChI=1S/C18H28O2/c1-2-3-4-5-6-7-8-9-10-11-12-13-14-15-16-17-18(19)20/h4-7,9-10,12-13H,2-3,8,11,14-17H2,1H3,(H,19,20). The van der Waals surface area contributed by atoms with Crippen LogP contribution in [0.1, 0.15) is 58.3 Å². The predicted molar refractivity (Wildman–Crippen MR) is 86.8 cm³/mol. The SMILES string of the molecule is CCCC=CC=CCC=CCC=CCCCCC(=O)O. The third-order valence-electron chi connectivity index (χ3n) is 2.73. The Labute approximate surface area is 123 Å². The molecule has 0 aromatic carbocycles. The minimum Gasteiger partial charge on any atom is -0.481 e. The molecule has 0 aromatic rings. The Kier molecular flexibility index (Phi) is 14.3. The molecule has 0 saturated carbocycles. The lowest BCUT2D eigenvalue weighted by atomic mass is 10.2. The molecule has 0 unspecified atom stereocenters. The average molecular weight is 276 g/mol. The topological polar surface area (TPSA) is 37.3 Å². The van der Waals surface area contributed by atoms with Crippen LogP contribution in [0.25, 0.3) is 0 Å². The molecule has 1 N–H and O–H groups in total. The van der Waals surface area contributed by atoms with Crippen LogP contribution in [0.3, 0.4) is 0 Å². The first kappa shape index (κ1) is 18.4. The maximum Gasteiger partial charge on any atom is 0.303 e. The molecule has 0 rings (SSSR count). The largest absolute Gasteiger partial charge is 0.481 e. The van der Waals surface area contributed by atoms with Crippen LogP contribution in [0.2, 0.25) is 0 Å². The summed E-state index contributed by atoms with van der Waals surface area (Å²) in [6.07, 6.45) is 24.4. The van der Waals surface area contributed by atoms with Crippen molar-refractivity contribution in [3.05, 3.63) is 48.6 Å². The van der Waals surface area contributed by atoms with E-state index in [1.54, 1.807) is 0 Å². The van der Waals surface area contributed by atoms with E-state index in [4.69, 9.17) is 5.11 Å². The quantitative estimate of drug-likeness (QED) is 0.293. The van der Waals surface area contributed by atoms with Crippen LogP contribution < -0.4 is 0 Å². The lowest BCUT2D eigenvalue weighted by molar-refractivity contribution is -0.137. The number of rotatable bonds is 12. The van der Waals surface area contributed by atoms with Crippen molar-refractivity contribution in [3.63, 3.8) is 0 Å². The van der Waals surface area contributed by atoms with E-state index in [1.807, 2.05) is 0 Å². The molecule has 0 fully saturated rings. The van der Waals surface area contributed by atoms with Crippen LogP contribution in [-0.4, -0.2) is 11.1 Å². The van der Waals surface area contributed by atoms with Crippen LogP contribution >= 0.6 is 0 Å². The van der Waals surface area contributed by atoms with E-state index < -0.39 is 5.97 Å². The fourth-order valence-corrected chi connectivity index (χ4v) is 1.60. The number of carboxylic acids is 1. The van der Waals surface area contributed by atoms with Crippen LogP contribution in [-0.2, 0) is 4.79 Å². The van der Waals surface area contributed by atoms with E-state index in [2.05, 4.69) is 55.5 Å². The van der Waals surface area contributed by atoms with Gasteiger partial charge in [0, 0.05) is 6.42 Å². The Bertz CT molecular complexity index is 335. The van der Waals surface area contributed by atoms with Gasteiger partial charge in [-0.3, -0.25) is 4.79 Å². The van der Waals surface area contributed by atoms with E-state index in [1.165, 1.54) is 6.42 Å². The van der Waals surface area contributed by atoms with Gasteiger partial charge in [-0.1, -0.05) is 62.0 Å². The smallest absolute Gasteiger partial charge is 0.303 e. The Morgan fingerprint density at radius 3 is 2.20 bits per heavy atom. The monoisotopic (exact) mass is 276 g/mol. The van der Waals surface area contributed by atoms with Gasteiger partial charge in [0.1, 0.15) is 0 Å². The third kappa shape index (κ3) is 16.4. The summed E-state index contributed by atoms with van der Waals surface area (Å²) in [4.78, 5) is 10.3. The predicted octanol–water partition coefficient (Wildman–Crippen LogP) is 5.44. The van der Waals surface area contributed by atoms with E-state index in [0.29, 0.717) is 0 Å². The van der Waals surface area contributed by atoms with Crippen molar-refractivity contribution in [2.24, 2.45) is 0 Å². The molecule has 112 valence electrons. The van der Waals surface area contributed by atoms with Gasteiger partial charge >= 0.3 is 5.97 Å². The Hall–Kier alpha value is -1.57. The van der Waals surface area contributed by atoms with Crippen molar-refractivity contribution >= 4 is 5.97 Å². The van der Waals surface area contributed by atoms with Gasteiger partial charge in [-0.25, -0.2) is 0 Å². The van der Waals surface area contributed by atoms with Crippen LogP contribution in [0, 0.1) is 0 Å². The van der Waals surface area contributed by atoms with Crippen molar-refractivity contribution in [1.29, 1.82) is 0 Å². The summed E-state index contributed by atoms with van der Waals surface area (Å²) in [7, 11) is 0. The van der Waals surface area contributed by atoms with Crippen LogP contribution in [0.4, 0.5) is 0 Å². The molecule has 2 nitrogen and oxygen atoms in total. The maximum absolute atomic E-state index is 10.3. The number of hydrogen-bond acceptors (Lipinski definition) is 1. The van der Waals surface area contributed by atoms with E-state index in [0.717, 1.165) is 38.5 Å². The van der Waals surface area contributed by atoms with E-state index in [9.17, 15) is 4.79 Å². The fraction of sp³-hybridized carbons (Fsp3) is 0.500. The van der Waals surface area contributed by atoms with Gasteiger partial charge in [0.2, 0.25) is 0 Å². The minimum atomic E-state index is -0.700. The summed E-state index contributed by atoms with van der Waals surface area (Å²) in [6.45, 7) is 2.18. The summed E-state index contributed by atoms with van der Waals surface area (Å²) >= 11 is 0. The number of unbranched alkanes of at least 4 members (excludes halogenated alkanes) is 3. The van der Waals surface area contributed by atoms with Gasteiger partial charge < -0.3 is 5.11 Å². The number of allylic oxidation sites excluding steroid dienone is 8. The first-order valence-electron chi connectivity index (χ1n) is 7.60. The minimum absolute atomic E-state index is 0.285. The van der Waals surface area contributed by atoms with Crippen molar-refractivity contribution in [2.45, 2.75) is 58.3 Å². The molecule has 0 amide bonds.